The van der Waals surface area contributed by atoms with E-state index in [-0.39, 0.29) is 30.9 Å². The molecule has 7 heteroatoms. The second-order valence-electron chi connectivity index (χ2n) is 3.97. The van der Waals surface area contributed by atoms with Gasteiger partial charge in [0.1, 0.15) is 5.82 Å². The SMILES string of the molecule is COCCNCC(=O)Nc1ccnn1C(C)C.Cl. The first kappa shape index (κ1) is 16.9. The van der Waals surface area contributed by atoms with Crippen molar-refractivity contribution in [2.45, 2.75) is 19.9 Å². The smallest absolute Gasteiger partial charge is 0.239 e. The molecule has 2 N–H and O–H groups in total. The maximum Gasteiger partial charge on any atom is 0.239 e. The molecule has 0 aliphatic rings. The monoisotopic (exact) mass is 276 g/mol. The first-order chi connectivity index (χ1) is 8.15. The number of anilines is 1. The molecule has 0 aliphatic heterocycles. The van der Waals surface area contributed by atoms with Crippen molar-refractivity contribution in [3.63, 3.8) is 0 Å². The molecule has 0 aromatic carbocycles. The zero-order valence-corrected chi connectivity index (χ0v) is 11.8. The number of hydrogen-bond donors (Lipinski definition) is 2. The second-order valence-corrected chi connectivity index (χ2v) is 3.97. The Morgan fingerprint density at radius 2 is 2.28 bits per heavy atom. The fourth-order valence-corrected chi connectivity index (χ4v) is 1.39. The zero-order valence-electron chi connectivity index (χ0n) is 11.0. The van der Waals surface area contributed by atoms with Gasteiger partial charge in [-0.25, -0.2) is 4.68 Å². The van der Waals surface area contributed by atoms with Crippen molar-refractivity contribution in [2.75, 3.05) is 32.1 Å². The van der Waals surface area contributed by atoms with Gasteiger partial charge in [-0.05, 0) is 13.8 Å². The van der Waals surface area contributed by atoms with Crippen molar-refractivity contribution >= 4 is 24.1 Å². The maximum absolute atomic E-state index is 11.6. The number of ether oxygens (including phenoxy) is 1. The second kappa shape index (κ2) is 8.91. The summed E-state index contributed by atoms with van der Waals surface area (Å²) in [6.45, 7) is 5.55. The average Bonchev–Trinajstić information content (AvgIpc) is 2.72. The summed E-state index contributed by atoms with van der Waals surface area (Å²) in [4.78, 5) is 11.6. The molecule has 0 bridgehead atoms. The first-order valence-electron chi connectivity index (χ1n) is 5.68. The van der Waals surface area contributed by atoms with E-state index in [1.165, 1.54) is 0 Å². The van der Waals surface area contributed by atoms with Crippen LogP contribution in [0.15, 0.2) is 12.3 Å². The summed E-state index contributed by atoms with van der Waals surface area (Å²) in [6.07, 6.45) is 1.67. The molecule has 1 aromatic rings. The molecule has 0 saturated carbocycles. The van der Waals surface area contributed by atoms with Crippen LogP contribution < -0.4 is 10.6 Å². The molecule has 18 heavy (non-hydrogen) atoms. The van der Waals surface area contributed by atoms with Crippen molar-refractivity contribution in [1.82, 2.24) is 15.1 Å². The quantitative estimate of drug-likeness (QED) is 0.731. The molecule has 1 amide bonds. The lowest BCUT2D eigenvalue weighted by Crippen LogP contribution is -2.31. The maximum atomic E-state index is 11.6. The minimum atomic E-state index is -0.0801. The van der Waals surface area contributed by atoms with Crippen molar-refractivity contribution in [2.24, 2.45) is 0 Å². The van der Waals surface area contributed by atoms with Gasteiger partial charge in [0, 0.05) is 25.8 Å². The Balaban J connectivity index is 0.00000289. The van der Waals surface area contributed by atoms with E-state index in [1.807, 2.05) is 13.8 Å². The standard InChI is InChI=1S/C11H20N4O2.ClH/c1-9(2)15-10(4-5-13-15)14-11(16)8-12-6-7-17-3;/h4-5,9,12H,6-8H2,1-3H3,(H,14,16);1H. The minimum Gasteiger partial charge on any atom is -0.383 e. The molecule has 1 rings (SSSR count). The minimum absolute atomic E-state index is 0. The van der Waals surface area contributed by atoms with Gasteiger partial charge in [0.2, 0.25) is 5.91 Å². The molecule has 0 atom stereocenters. The van der Waals surface area contributed by atoms with Crippen LogP contribution in [0.3, 0.4) is 0 Å². The molecule has 1 heterocycles. The Labute approximate surface area is 113 Å². The molecule has 0 unspecified atom stereocenters. The molecule has 0 radical (unpaired) electrons. The van der Waals surface area contributed by atoms with Gasteiger partial charge in [-0.1, -0.05) is 0 Å². The topological polar surface area (TPSA) is 68.2 Å². The normalized spacial score (nSPS) is 10.2. The summed E-state index contributed by atoms with van der Waals surface area (Å²) in [7, 11) is 1.63. The van der Waals surface area contributed by atoms with Gasteiger partial charge in [-0.15, -0.1) is 12.4 Å². The number of halogens is 1. The molecule has 1 aromatic heterocycles. The fraction of sp³-hybridized carbons (Fsp3) is 0.636. The summed E-state index contributed by atoms with van der Waals surface area (Å²) in [5.74, 6) is 0.641. The number of hydrogen-bond acceptors (Lipinski definition) is 4. The number of amides is 1. The number of carbonyl (C=O) groups excluding carboxylic acids is 1. The lowest BCUT2D eigenvalue weighted by atomic mass is 10.4. The molecule has 0 spiro atoms. The zero-order chi connectivity index (χ0) is 12.7. The lowest BCUT2D eigenvalue weighted by molar-refractivity contribution is -0.115. The summed E-state index contributed by atoms with van der Waals surface area (Å²) in [6, 6.07) is 2.01. The van der Waals surface area contributed by atoms with Crippen LogP contribution in [-0.2, 0) is 9.53 Å². The van der Waals surface area contributed by atoms with E-state index in [1.54, 1.807) is 24.1 Å². The van der Waals surface area contributed by atoms with Gasteiger partial charge >= 0.3 is 0 Å². The van der Waals surface area contributed by atoms with Crippen LogP contribution in [0.5, 0.6) is 0 Å². The number of nitrogens with one attached hydrogen (secondary N) is 2. The molecule has 6 nitrogen and oxygen atoms in total. The first-order valence-corrected chi connectivity index (χ1v) is 5.68. The molecular formula is C11H21ClN4O2. The van der Waals surface area contributed by atoms with Crippen LogP contribution in [-0.4, -0.2) is 42.5 Å². The third kappa shape index (κ3) is 5.48. The summed E-state index contributed by atoms with van der Waals surface area (Å²) in [5, 5.41) is 9.93. The largest absolute Gasteiger partial charge is 0.383 e. The Bertz CT molecular complexity index is 355. The molecule has 0 saturated heterocycles. The summed E-state index contributed by atoms with van der Waals surface area (Å²) >= 11 is 0. The van der Waals surface area contributed by atoms with E-state index in [0.717, 1.165) is 5.82 Å². The average molecular weight is 277 g/mol. The Hall–Kier alpha value is -1.11. The highest BCUT2D eigenvalue weighted by Gasteiger charge is 2.08. The van der Waals surface area contributed by atoms with Crippen molar-refractivity contribution < 1.29 is 9.53 Å². The van der Waals surface area contributed by atoms with E-state index >= 15 is 0 Å². The van der Waals surface area contributed by atoms with Gasteiger partial charge < -0.3 is 15.4 Å². The molecule has 0 aliphatic carbocycles. The predicted octanol–water partition coefficient (Wildman–Crippen LogP) is 1.06. The van der Waals surface area contributed by atoms with Crippen LogP contribution in [0.25, 0.3) is 0 Å². The Morgan fingerprint density at radius 1 is 1.56 bits per heavy atom. The number of carbonyl (C=O) groups is 1. The Morgan fingerprint density at radius 3 is 2.89 bits per heavy atom. The van der Waals surface area contributed by atoms with E-state index in [0.29, 0.717) is 13.2 Å². The van der Waals surface area contributed by atoms with Gasteiger partial charge in [0.15, 0.2) is 0 Å². The number of aromatic nitrogens is 2. The van der Waals surface area contributed by atoms with Gasteiger partial charge in [-0.3, -0.25) is 4.79 Å². The fourth-order valence-electron chi connectivity index (χ4n) is 1.39. The predicted molar refractivity (Wildman–Crippen MR) is 73.2 cm³/mol. The third-order valence-electron chi connectivity index (χ3n) is 2.20. The van der Waals surface area contributed by atoms with Gasteiger partial charge in [-0.2, -0.15) is 5.10 Å². The number of nitrogens with zero attached hydrogens (tertiary/aromatic N) is 2. The van der Waals surface area contributed by atoms with Crippen LogP contribution in [0.2, 0.25) is 0 Å². The van der Waals surface area contributed by atoms with Crippen molar-refractivity contribution in [1.29, 1.82) is 0 Å². The summed E-state index contributed by atoms with van der Waals surface area (Å²) < 4.78 is 6.64. The van der Waals surface area contributed by atoms with E-state index in [2.05, 4.69) is 15.7 Å². The molecule has 0 fully saturated rings. The van der Waals surface area contributed by atoms with Crippen LogP contribution >= 0.6 is 12.4 Å². The van der Waals surface area contributed by atoms with Crippen molar-refractivity contribution in [3.05, 3.63) is 12.3 Å². The third-order valence-corrected chi connectivity index (χ3v) is 2.20. The Kier molecular flexibility index (Phi) is 8.36. The van der Waals surface area contributed by atoms with Crippen LogP contribution in [0.1, 0.15) is 19.9 Å². The van der Waals surface area contributed by atoms with Crippen molar-refractivity contribution in [3.8, 4) is 0 Å². The highest BCUT2D eigenvalue weighted by Crippen LogP contribution is 2.12. The van der Waals surface area contributed by atoms with Crippen LogP contribution in [0, 0.1) is 0 Å². The number of rotatable bonds is 7. The molecule has 104 valence electrons. The van der Waals surface area contributed by atoms with Gasteiger partial charge in [0.25, 0.3) is 0 Å². The van der Waals surface area contributed by atoms with E-state index < -0.39 is 0 Å². The number of methoxy groups -OCH3 is 1. The lowest BCUT2D eigenvalue weighted by Gasteiger charge is -2.11. The van der Waals surface area contributed by atoms with E-state index in [9.17, 15) is 4.79 Å². The molecular weight excluding hydrogens is 256 g/mol. The highest BCUT2D eigenvalue weighted by molar-refractivity contribution is 5.91. The highest BCUT2D eigenvalue weighted by atomic mass is 35.5. The van der Waals surface area contributed by atoms with E-state index in [4.69, 9.17) is 4.74 Å². The van der Waals surface area contributed by atoms with Gasteiger partial charge in [0.05, 0.1) is 19.3 Å². The summed E-state index contributed by atoms with van der Waals surface area (Å²) in [5.41, 5.74) is 0. The van der Waals surface area contributed by atoms with Crippen LogP contribution in [0.4, 0.5) is 5.82 Å².